The van der Waals surface area contributed by atoms with Gasteiger partial charge >= 0.3 is 0 Å². The van der Waals surface area contributed by atoms with E-state index in [2.05, 4.69) is 4.72 Å². The van der Waals surface area contributed by atoms with Crippen LogP contribution in [0.4, 0.5) is 0 Å². The lowest BCUT2D eigenvalue weighted by atomic mass is 10.1. The van der Waals surface area contributed by atoms with Gasteiger partial charge in [-0.05, 0) is 24.1 Å². The summed E-state index contributed by atoms with van der Waals surface area (Å²) in [5.41, 5.74) is 0.970. The van der Waals surface area contributed by atoms with Gasteiger partial charge in [-0.3, -0.25) is 0 Å². The fraction of sp³-hybridized carbons (Fsp3) is 0.455. The highest BCUT2D eigenvalue weighted by atomic mass is 32.2. The molecule has 0 heterocycles. The van der Waals surface area contributed by atoms with Gasteiger partial charge < -0.3 is 9.84 Å². The lowest BCUT2D eigenvalue weighted by molar-refractivity contribution is 0.217. The molecule has 0 radical (unpaired) electrons. The molecule has 6 heteroatoms. The van der Waals surface area contributed by atoms with Gasteiger partial charge in [0.05, 0.1) is 12.4 Å². The van der Waals surface area contributed by atoms with Crippen LogP contribution in [0.1, 0.15) is 5.56 Å². The van der Waals surface area contributed by atoms with E-state index in [1.165, 1.54) is 7.11 Å². The molecule has 0 aliphatic heterocycles. The van der Waals surface area contributed by atoms with Gasteiger partial charge in [0, 0.05) is 13.7 Å². The monoisotopic (exact) mass is 259 g/mol. The average molecular weight is 259 g/mol. The van der Waals surface area contributed by atoms with Gasteiger partial charge in [0.1, 0.15) is 5.75 Å². The average Bonchev–Trinajstić information content (AvgIpc) is 2.29. The van der Waals surface area contributed by atoms with Gasteiger partial charge in [-0.15, -0.1) is 0 Å². The van der Waals surface area contributed by atoms with Crippen LogP contribution in [0.25, 0.3) is 0 Å². The van der Waals surface area contributed by atoms with Crippen molar-refractivity contribution in [3.05, 3.63) is 29.8 Å². The van der Waals surface area contributed by atoms with E-state index < -0.39 is 10.0 Å². The first-order chi connectivity index (χ1) is 8.03. The molecule has 0 spiro atoms. The molecule has 2 N–H and O–H groups in total. The quantitative estimate of drug-likeness (QED) is 0.747. The molecule has 0 saturated carbocycles. The van der Waals surface area contributed by atoms with Crippen LogP contribution in [-0.4, -0.2) is 39.5 Å². The van der Waals surface area contributed by atoms with Crippen LogP contribution in [0.5, 0.6) is 5.75 Å². The Kier molecular flexibility index (Phi) is 5.40. The Bertz CT molecular complexity index is 427. The van der Waals surface area contributed by atoms with Crippen LogP contribution in [-0.2, 0) is 21.2 Å². The van der Waals surface area contributed by atoms with Crippen LogP contribution in [0, 0.1) is 0 Å². The van der Waals surface area contributed by atoms with Crippen LogP contribution in [0.15, 0.2) is 24.3 Å². The highest BCUT2D eigenvalue weighted by Crippen LogP contribution is 2.09. The maximum absolute atomic E-state index is 11.4. The molecule has 0 bridgehead atoms. The molecule has 1 aromatic carbocycles. The van der Waals surface area contributed by atoms with Crippen molar-refractivity contribution in [2.75, 3.05) is 26.0 Å². The van der Waals surface area contributed by atoms with Gasteiger partial charge in [0.15, 0.2) is 0 Å². The number of phenols is 1. The van der Waals surface area contributed by atoms with E-state index in [-0.39, 0.29) is 18.1 Å². The first kappa shape index (κ1) is 14.0. The third-order valence-electron chi connectivity index (χ3n) is 2.23. The molecule has 0 fully saturated rings. The molecule has 1 aromatic rings. The van der Waals surface area contributed by atoms with Crippen molar-refractivity contribution >= 4 is 10.0 Å². The van der Waals surface area contributed by atoms with Crippen LogP contribution in [0.3, 0.4) is 0 Å². The summed E-state index contributed by atoms with van der Waals surface area (Å²) in [6.45, 7) is 0.533. The number of phenolic OH excluding ortho intramolecular Hbond substituents is 1. The van der Waals surface area contributed by atoms with Crippen molar-refractivity contribution in [3.63, 3.8) is 0 Å². The minimum absolute atomic E-state index is 0.0287. The molecule has 0 aliphatic carbocycles. The predicted octanol–water partition coefficient (Wildman–Crippen LogP) is 0.500. The van der Waals surface area contributed by atoms with Crippen molar-refractivity contribution < 1.29 is 18.3 Å². The second kappa shape index (κ2) is 6.58. The molecule has 0 aromatic heterocycles. The van der Waals surface area contributed by atoms with Crippen LogP contribution in [0.2, 0.25) is 0 Å². The fourth-order valence-corrected chi connectivity index (χ4v) is 2.22. The molecule has 0 atom stereocenters. The Morgan fingerprint density at radius 3 is 2.53 bits per heavy atom. The largest absolute Gasteiger partial charge is 0.508 e. The molecule has 0 saturated heterocycles. The zero-order valence-electron chi connectivity index (χ0n) is 9.72. The van der Waals surface area contributed by atoms with Gasteiger partial charge in [0.2, 0.25) is 10.0 Å². The van der Waals surface area contributed by atoms with E-state index in [1.807, 2.05) is 0 Å². The Morgan fingerprint density at radius 1 is 1.29 bits per heavy atom. The number of aromatic hydroxyl groups is 1. The Balaban J connectivity index is 2.34. The lowest BCUT2D eigenvalue weighted by Gasteiger charge is -2.06. The number of sulfonamides is 1. The zero-order chi connectivity index (χ0) is 12.7. The second-order valence-electron chi connectivity index (χ2n) is 3.62. The Labute approximate surface area is 101 Å². The molecule has 1 rings (SSSR count). The van der Waals surface area contributed by atoms with Gasteiger partial charge in [-0.25, -0.2) is 13.1 Å². The first-order valence-electron chi connectivity index (χ1n) is 5.28. The van der Waals surface area contributed by atoms with Crippen molar-refractivity contribution in [2.45, 2.75) is 6.42 Å². The van der Waals surface area contributed by atoms with Gasteiger partial charge in [0.25, 0.3) is 0 Å². The van der Waals surface area contributed by atoms with Crippen LogP contribution < -0.4 is 4.72 Å². The molecule has 0 aliphatic rings. The SMILES string of the molecule is COCCS(=O)(=O)NCCc1ccc(O)cc1. The smallest absolute Gasteiger partial charge is 0.213 e. The standard InChI is InChI=1S/C11H17NO4S/c1-16-8-9-17(14,15)12-7-6-10-2-4-11(13)5-3-10/h2-5,12-13H,6-9H2,1H3. The zero-order valence-corrected chi connectivity index (χ0v) is 10.5. The molecule has 17 heavy (non-hydrogen) atoms. The topological polar surface area (TPSA) is 75.6 Å². The molecule has 0 unspecified atom stereocenters. The number of benzene rings is 1. The number of nitrogens with one attached hydrogen (secondary N) is 1. The van der Waals surface area contributed by atoms with E-state index >= 15 is 0 Å². The molecule has 5 nitrogen and oxygen atoms in total. The maximum Gasteiger partial charge on any atom is 0.213 e. The third kappa shape index (κ3) is 5.67. The molecule has 96 valence electrons. The molecular weight excluding hydrogens is 242 g/mol. The number of ether oxygens (including phenoxy) is 1. The maximum atomic E-state index is 11.4. The van der Waals surface area contributed by atoms with E-state index in [0.717, 1.165) is 5.56 Å². The third-order valence-corrected chi connectivity index (χ3v) is 3.58. The summed E-state index contributed by atoms with van der Waals surface area (Å²) in [6, 6.07) is 6.68. The van der Waals surface area contributed by atoms with E-state index in [4.69, 9.17) is 9.84 Å². The summed E-state index contributed by atoms with van der Waals surface area (Å²) in [4.78, 5) is 0. The summed E-state index contributed by atoms with van der Waals surface area (Å²) >= 11 is 0. The summed E-state index contributed by atoms with van der Waals surface area (Å²) in [5.74, 6) is 0.174. The highest BCUT2D eigenvalue weighted by molar-refractivity contribution is 7.89. The summed E-state index contributed by atoms with van der Waals surface area (Å²) in [5, 5.41) is 9.08. The summed E-state index contributed by atoms with van der Waals surface area (Å²) in [7, 11) is -1.78. The Morgan fingerprint density at radius 2 is 1.94 bits per heavy atom. The highest BCUT2D eigenvalue weighted by Gasteiger charge is 2.08. The van der Waals surface area contributed by atoms with E-state index in [0.29, 0.717) is 13.0 Å². The number of methoxy groups -OCH3 is 1. The second-order valence-corrected chi connectivity index (χ2v) is 5.55. The van der Waals surface area contributed by atoms with E-state index in [9.17, 15) is 8.42 Å². The van der Waals surface area contributed by atoms with E-state index in [1.54, 1.807) is 24.3 Å². The summed E-state index contributed by atoms with van der Waals surface area (Å²) in [6.07, 6.45) is 0.590. The fourth-order valence-electron chi connectivity index (χ4n) is 1.28. The number of rotatable bonds is 7. The number of hydrogen-bond donors (Lipinski definition) is 2. The van der Waals surface area contributed by atoms with Crippen molar-refractivity contribution in [3.8, 4) is 5.75 Å². The summed E-state index contributed by atoms with van der Waals surface area (Å²) < 4.78 is 30.0. The lowest BCUT2D eigenvalue weighted by Crippen LogP contribution is -2.29. The van der Waals surface area contributed by atoms with Gasteiger partial charge in [-0.2, -0.15) is 0 Å². The minimum Gasteiger partial charge on any atom is -0.508 e. The number of hydrogen-bond acceptors (Lipinski definition) is 4. The van der Waals surface area contributed by atoms with Crippen molar-refractivity contribution in [1.82, 2.24) is 4.72 Å². The predicted molar refractivity (Wildman–Crippen MR) is 65.5 cm³/mol. The molecule has 0 amide bonds. The van der Waals surface area contributed by atoms with Crippen LogP contribution >= 0.6 is 0 Å². The minimum atomic E-state index is -3.25. The Hall–Kier alpha value is -1.11. The first-order valence-corrected chi connectivity index (χ1v) is 6.93. The van der Waals surface area contributed by atoms with Gasteiger partial charge in [-0.1, -0.05) is 12.1 Å². The van der Waals surface area contributed by atoms with Crippen molar-refractivity contribution in [1.29, 1.82) is 0 Å². The normalized spacial score (nSPS) is 11.6. The van der Waals surface area contributed by atoms with Crippen molar-refractivity contribution in [2.24, 2.45) is 0 Å². The molecular formula is C11H17NO4S.